The van der Waals surface area contributed by atoms with Crippen LogP contribution in [0.1, 0.15) is 45.6 Å². The van der Waals surface area contributed by atoms with Gasteiger partial charge in [0.1, 0.15) is 0 Å². The summed E-state index contributed by atoms with van der Waals surface area (Å²) in [7, 11) is 0. The van der Waals surface area contributed by atoms with Crippen LogP contribution in [0.2, 0.25) is 0 Å². The molecule has 5 nitrogen and oxygen atoms in total. The molecule has 142 valence electrons. The summed E-state index contributed by atoms with van der Waals surface area (Å²) in [6.07, 6.45) is 4.09. The van der Waals surface area contributed by atoms with Crippen LogP contribution in [0.4, 0.5) is 0 Å². The van der Waals surface area contributed by atoms with E-state index in [9.17, 15) is 9.59 Å². The van der Waals surface area contributed by atoms with Gasteiger partial charge in [0, 0.05) is 19.4 Å². The van der Waals surface area contributed by atoms with Gasteiger partial charge in [-0.1, -0.05) is 44.2 Å². The van der Waals surface area contributed by atoms with E-state index >= 15 is 0 Å². The molecular formula is C21H30N2O3. The summed E-state index contributed by atoms with van der Waals surface area (Å²) < 4.78 is 6.18. The number of benzene rings is 1. The molecule has 0 heterocycles. The molecule has 0 fully saturated rings. The molecule has 0 saturated carbocycles. The molecule has 3 atom stereocenters. The number of ether oxygens (including phenoxy) is 1. The second kappa shape index (κ2) is 9.64. The predicted molar refractivity (Wildman–Crippen MR) is 103 cm³/mol. The molecule has 0 aliphatic heterocycles. The summed E-state index contributed by atoms with van der Waals surface area (Å²) in [5, 5.41) is 2.90. The molecule has 1 aromatic rings. The van der Waals surface area contributed by atoms with Crippen molar-refractivity contribution >= 4 is 11.7 Å². The standard InChI is InChI=1S/C21H30N2O3/c1-4-17(5-2)26-20-13-16(12-18(22)21(20)23-14(3)24)19(25)11-15-9-7-6-8-10-15/h6-10,13,17-18,20-21H,4-5,11-12,22H2,1-3H3,(H,23,24)/t18-,20+,21+/m0/s1. The van der Waals surface area contributed by atoms with Crippen molar-refractivity contribution in [2.24, 2.45) is 5.73 Å². The summed E-state index contributed by atoms with van der Waals surface area (Å²) in [4.78, 5) is 24.3. The monoisotopic (exact) mass is 358 g/mol. The number of carbonyl (C=O) groups excluding carboxylic acids is 2. The third-order valence-electron chi connectivity index (χ3n) is 4.83. The van der Waals surface area contributed by atoms with Crippen molar-refractivity contribution in [3.8, 4) is 0 Å². The molecular weight excluding hydrogens is 328 g/mol. The zero-order valence-corrected chi connectivity index (χ0v) is 15.9. The van der Waals surface area contributed by atoms with Crippen LogP contribution in [0.25, 0.3) is 0 Å². The highest BCUT2D eigenvalue weighted by Gasteiger charge is 2.35. The van der Waals surface area contributed by atoms with Crippen molar-refractivity contribution in [1.29, 1.82) is 0 Å². The Kier molecular flexibility index (Phi) is 7.54. The van der Waals surface area contributed by atoms with Crippen molar-refractivity contribution in [2.75, 3.05) is 0 Å². The normalized spacial score (nSPS) is 22.8. The number of carbonyl (C=O) groups is 2. The molecule has 0 bridgehead atoms. The van der Waals surface area contributed by atoms with E-state index in [1.807, 2.05) is 36.4 Å². The van der Waals surface area contributed by atoms with Gasteiger partial charge in [-0.3, -0.25) is 9.59 Å². The lowest BCUT2D eigenvalue weighted by atomic mass is 9.85. The summed E-state index contributed by atoms with van der Waals surface area (Å²) in [5.74, 6) is -0.0814. The van der Waals surface area contributed by atoms with Gasteiger partial charge in [-0.2, -0.15) is 0 Å². The minimum Gasteiger partial charge on any atom is -0.369 e. The Morgan fingerprint density at radius 3 is 2.46 bits per heavy atom. The van der Waals surface area contributed by atoms with Gasteiger partial charge in [0.05, 0.1) is 18.2 Å². The number of nitrogens with one attached hydrogen (secondary N) is 1. The van der Waals surface area contributed by atoms with Crippen LogP contribution in [0.5, 0.6) is 0 Å². The maximum Gasteiger partial charge on any atom is 0.217 e. The maximum absolute atomic E-state index is 12.7. The minimum atomic E-state index is -0.387. The Balaban J connectivity index is 2.20. The molecule has 1 aliphatic carbocycles. The van der Waals surface area contributed by atoms with Crippen molar-refractivity contribution in [2.45, 2.75) is 70.7 Å². The Bertz CT molecular complexity index is 638. The smallest absolute Gasteiger partial charge is 0.217 e. The quantitative estimate of drug-likeness (QED) is 0.748. The fraction of sp³-hybridized carbons (Fsp3) is 0.524. The third-order valence-corrected chi connectivity index (χ3v) is 4.83. The van der Waals surface area contributed by atoms with Crippen LogP contribution in [-0.2, 0) is 20.7 Å². The molecule has 1 aliphatic rings. The lowest BCUT2D eigenvalue weighted by Crippen LogP contribution is -2.57. The van der Waals surface area contributed by atoms with E-state index < -0.39 is 0 Å². The summed E-state index contributed by atoms with van der Waals surface area (Å²) in [6, 6.07) is 9.00. The molecule has 3 N–H and O–H groups in total. The number of Topliss-reactive ketones (excluding diaryl/α,β-unsaturated/α-hetero) is 1. The Labute approximate surface area is 156 Å². The van der Waals surface area contributed by atoms with E-state index in [0.29, 0.717) is 18.4 Å². The molecule has 0 saturated heterocycles. The Morgan fingerprint density at radius 1 is 1.23 bits per heavy atom. The topological polar surface area (TPSA) is 81.4 Å². The van der Waals surface area contributed by atoms with E-state index in [2.05, 4.69) is 19.2 Å². The highest BCUT2D eigenvalue weighted by atomic mass is 16.5. The van der Waals surface area contributed by atoms with E-state index in [-0.39, 0.29) is 36.0 Å². The number of rotatable bonds is 8. The highest BCUT2D eigenvalue weighted by molar-refractivity contribution is 5.97. The lowest BCUT2D eigenvalue weighted by molar-refractivity contribution is -0.121. The highest BCUT2D eigenvalue weighted by Crippen LogP contribution is 2.24. The van der Waals surface area contributed by atoms with Crippen LogP contribution in [0.15, 0.2) is 42.0 Å². The fourth-order valence-corrected chi connectivity index (χ4v) is 3.35. The average Bonchev–Trinajstić information content (AvgIpc) is 2.62. The van der Waals surface area contributed by atoms with Crippen molar-refractivity contribution in [1.82, 2.24) is 5.32 Å². The average molecular weight is 358 g/mol. The van der Waals surface area contributed by atoms with E-state index in [0.717, 1.165) is 18.4 Å². The van der Waals surface area contributed by atoms with Gasteiger partial charge in [0.2, 0.25) is 5.91 Å². The second-order valence-corrected chi connectivity index (χ2v) is 6.91. The molecule has 1 amide bonds. The molecule has 5 heteroatoms. The van der Waals surface area contributed by atoms with Gasteiger partial charge in [-0.05, 0) is 36.5 Å². The third kappa shape index (κ3) is 5.51. The fourth-order valence-electron chi connectivity index (χ4n) is 3.35. The molecule has 2 rings (SSSR count). The molecule has 0 radical (unpaired) electrons. The zero-order chi connectivity index (χ0) is 19.1. The molecule has 1 aromatic carbocycles. The SMILES string of the molecule is CCC(CC)O[C@@H]1C=C(C(=O)Cc2ccccc2)C[C@H](N)[C@H]1NC(C)=O. The van der Waals surface area contributed by atoms with E-state index in [1.165, 1.54) is 6.92 Å². The largest absolute Gasteiger partial charge is 0.369 e. The Morgan fingerprint density at radius 2 is 1.88 bits per heavy atom. The predicted octanol–water partition coefficient (Wildman–Crippen LogP) is 2.53. The Hall–Kier alpha value is -1.98. The van der Waals surface area contributed by atoms with Crippen LogP contribution in [-0.4, -0.2) is 36.0 Å². The number of amides is 1. The van der Waals surface area contributed by atoms with Gasteiger partial charge in [0.15, 0.2) is 5.78 Å². The first-order valence-electron chi connectivity index (χ1n) is 9.40. The van der Waals surface area contributed by atoms with Crippen molar-refractivity contribution < 1.29 is 14.3 Å². The minimum absolute atomic E-state index is 0.0612. The van der Waals surface area contributed by atoms with Gasteiger partial charge in [0.25, 0.3) is 0 Å². The van der Waals surface area contributed by atoms with Crippen LogP contribution in [0.3, 0.4) is 0 Å². The summed E-state index contributed by atoms with van der Waals surface area (Å²) in [5.41, 5.74) is 7.98. The zero-order valence-electron chi connectivity index (χ0n) is 15.9. The molecule has 0 spiro atoms. The van der Waals surface area contributed by atoms with E-state index in [4.69, 9.17) is 10.5 Å². The van der Waals surface area contributed by atoms with Gasteiger partial charge in [-0.25, -0.2) is 0 Å². The number of ketones is 1. The first-order chi connectivity index (χ1) is 12.4. The number of hydrogen-bond acceptors (Lipinski definition) is 4. The summed E-state index contributed by atoms with van der Waals surface area (Å²) >= 11 is 0. The summed E-state index contributed by atoms with van der Waals surface area (Å²) in [6.45, 7) is 5.60. The molecule has 26 heavy (non-hydrogen) atoms. The first kappa shape index (κ1) is 20.3. The number of hydrogen-bond donors (Lipinski definition) is 2. The van der Waals surface area contributed by atoms with Crippen LogP contribution < -0.4 is 11.1 Å². The van der Waals surface area contributed by atoms with Crippen LogP contribution >= 0.6 is 0 Å². The molecule has 0 unspecified atom stereocenters. The van der Waals surface area contributed by atoms with Gasteiger partial charge in [-0.15, -0.1) is 0 Å². The van der Waals surface area contributed by atoms with Crippen LogP contribution in [0, 0.1) is 0 Å². The first-order valence-corrected chi connectivity index (χ1v) is 9.40. The number of nitrogens with two attached hydrogens (primary N) is 1. The lowest BCUT2D eigenvalue weighted by Gasteiger charge is -2.37. The van der Waals surface area contributed by atoms with Crippen molar-refractivity contribution in [3.63, 3.8) is 0 Å². The van der Waals surface area contributed by atoms with Gasteiger partial charge < -0.3 is 15.8 Å². The second-order valence-electron chi connectivity index (χ2n) is 6.91. The molecule has 0 aromatic heterocycles. The van der Waals surface area contributed by atoms with E-state index in [1.54, 1.807) is 0 Å². The van der Waals surface area contributed by atoms with Gasteiger partial charge >= 0.3 is 0 Å². The maximum atomic E-state index is 12.7. The van der Waals surface area contributed by atoms with Crippen molar-refractivity contribution in [3.05, 3.63) is 47.5 Å².